The van der Waals surface area contributed by atoms with E-state index in [4.69, 9.17) is 16.3 Å². The summed E-state index contributed by atoms with van der Waals surface area (Å²) in [4.78, 5) is 12.1. The molecule has 3 nitrogen and oxygen atoms in total. The molecule has 1 atom stereocenters. The Kier molecular flexibility index (Phi) is 7.48. The van der Waals surface area contributed by atoms with E-state index in [0.29, 0.717) is 10.6 Å². The molecule has 1 aromatic carbocycles. The van der Waals surface area contributed by atoms with Crippen LogP contribution in [0.4, 0.5) is 0 Å². The fourth-order valence-electron chi connectivity index (χ4n) is 1.61. The molecule has 1 aromatic rings. The molecule has 0 fully saturated rings. The van der Waals surface area contributed by atoms with E-state index in [2.05, 4.69) is 17.2 Å². The van der Waals surface area contributed by atoms with Crippen molar-refractivity contribution < 1.29 is 9.45 Å². The van der Waals surface area contributed by atoms with Crippen molar-refractivity contribution in [2.24, 2.45) is 0 Å². The van der Waals surface area contributed by atoms with Gasteiger partial charge in [-0.1, -0.05) is 23.7 Å². The lowest BCUT2D eigenvalue weighted by Gasteiger charge is -2.25. The second-order valence-electron chi connectivity index (χ2n) is 4.99. The van der Waals surface area contributed by atoms with Crippen molar-refractivity contribution in [3.63, 3.8) is 0 Å². The first kappa shape index (κ1) is 17.4. The molecule has 0 bridgehead atoms. The van der Waals surface area contributed by atoms with Crippen molar-refractivity contribution in [1.29, 1.82) is 0 Å². The van der Waals surface area contributed by atoms with Crippen LogP contribution in [-0.2, 0) is 0 Å². The molecular weight excluding hydrogens is 273 g/mol. The Labute approximate surface area is 118 Å². The number of hydrogen-bond donors (Lipinski definition) is 2. The molecule has 0 spiro atoms. The highest BCUT2D eigenvalue weighted by molar-refractivity contribution is 6.31. The maximum atomic E-state index is 12.1. The Balaban J connectivity index is 0.00000137. The van der Waals surface area contributed by atoms with Gasteiger partial charge in [-0.25, -0.2) is 0 Å². The van der Waals surface area contributed by atoms with E-state index in [1.54, 1.807) is 24.3 Å². The third kappa shape index (κ3) is 6.36. The number of halogens is 2. The van der Waals surface area contributed by atoms with Crippen LogP contribution in [0.15, 0.2) is 24.3 Å². The van der Waals surface area contributed by atoms with Crippen molar-refractivity contribution in [2.45, 2.75) is 39.3 Å². The number of nitrogens with one attached hydrogen (secondary N) is 1. The van der Waals surface area contributed by atoms with E-state index < -0.39 is 0 Å². The molecule has 102 valence electrons. The second kappa shape index (κ2) is 7.74. The molecule has 0 aliphatic heterocycles. The number of benzene rings is 1. The number of rotatable bonds is 3. The molecule has 0 radical (unpaired) electrons. The average Bonchev–Trinajstić information content (AvgIpc) is 2.28. The quantitative estimate of drug-likeness (QED) is 0.839. The van der Waals surface area contributed by atoms with Gasteiger partial charge in [-0.3, -0.25) is 9.45 Å². The lowest BCUT2D eigenvalue weighted by molar-refractivity contribution is 0.0936. The number of hydrogen-bond acceptors (Lipinski definition) is 3. The predicted molar refractivity (Wildman–Crippen MR) is 76.2 cm³/mol. The highest BCUT2D eigenvalue weighted by Crippen LogP contribution is 2.13. The highest BCUT2D eigenvalue weighted by atomic mass is 35.5. The van der Waals surface area contributed by atoms with Gasteiger partial charge in [-0.15, -0.1) is 0 Å². The Morgan fingerprint density at radius 2 is 1.89 bits per heavy atom. The lowest BCUT2D eigenvalue weighted by atomic mass is 10.0. The summed E-state index contributed by atoms with van der Waals surface area (Å²) in [5, 5.41) is 3.84. The van der Waals surface area contributed by atoms with E-state index >= 15 is 0 Å². The summed E-state index contributed by atoms with van der Waals surface area (Å²) in [6.45, 7) is 7.98. The van der Waals surface area contributed by atoms with Gasteiger partial charge in [0.25, 0.3) is 0 Å². The van der Waals surface area contributed by atoms with Gasteiger partial charge in [-0.2, -0.15) is 0 Å². The van der Waals surface area contributed by atoms with Crippen LogP contribution in [0.1, 0.15) is 38.1 Å². The molecule has 2 N–H and O–H groups in total. The van der Waals surface area contributed by atoms with Gasteiger partial charge in [0.05, 0.1) is 17.9 Å². The van der Waals surface area contributed by atoms with Gasteiger partial charge >= 0.3 is 0 Å². The van der Waals surface area contributed by atoms with Crippen LogP contribution in [0.25, 0.3) is 0 Å². The number of carbonyl (C=O) groups is 1. The van der Waals surface area contributed by atoms with Gasteiger partial charge in [0.2, 0.25) is 0 Å². The second-order valence-corrected chi connectivity index (χ2v) is 5.43. The van der Waals surface area contributed by atoms with Gasteiger partial charge in [0, 0.05) is 16.1 Å². The molecular formula is C13H19Cl2NO2. The fraction of sp³-hybridized carbons (Fsp3) is 0.462. The normalized spacial score (nSPS) is 12.4. The van der Waals surface area contributed by atoms with Gasteiger partial charge in [-0.05, 0) is 39.8 Å². The molecule has 5 heteroatoms. The number of ketones is 1. The summed E-state index contributed by atoms with van der Waals surface area (Å²) in [5.74, 6) is 0.0671. The molecule has 0 amide bonds. The third-order valence-electron chi connectivity index (χ3n) is 2.15. The molecule has 0 aromatic heterocycles. The summed E-state index contributed by atoms with van der Waals surface area (Å²) < 4.78 is 6.47. The summed E-state index contributed by atoms with van der Waals surface area (Å²) in [6.07, 6.45) is 0. The Morgan fingerprint density at radius 1 is 1.33 bits per heavy atom. The van der Waals surface area contributed by atoms with E-state index in [-0.39, 0.29) is 17.4 Å². The predicted octanol–water partition coefficient (Wildman–Crippen LogP) is 3.43. The van der Waals surface area contributed by atoms with Crippen LogP contribution in [-0.4, -0.2) is 22.0 Å². The summed E-state index contributed by atoms with van der Waals surface area (Å²) >= 11 is 9.49. The number of Topliss-reactive ketones (excluding diaryl/α,β-unsaturated/α-hetero) is 1. The van der Waals surface area contributed by atoms with Crippen molar-refractivity contribution in [3.8, 4) is 0 Å². The smallest absolute Gasteiger partial charge is 0.179 e. The minimum atomic E-state index is -0.210. The SMILES string of the molecule is CC(NC(C)(C)C)C(=O)c1cccc(Cl)c1.OCl. The van der Waals surface area contributed by atoms with Crippen molar-refractivity contribution >= 4 is 29.3 Å². The third-order valence-corrected chi connectivity index (χ3v) is 2.39. The highest BCUT2D eigenvalue weighted by Gasteiger charge is 2.20. The Bertz CT molecular complexity index is 389. The molecule has 1 unspecified atom stereocenters. The molecule has 1 rings (SSSR count). The Morgan fingerprint density at radius 3 is 2.33 bits per heavy atom. The minimum absolute atomic E-state index is 0.0671. The molecule has 0 saturated carbocycles. The maximum absolute atomic E-state index is 12.1. The van der Waals surface area contributed by atoms with Crippen LogP contribution < -0.4 is 5.32 Å². The first-order valence-electron chi connectivity index (χ1n) is 5.54. The average molecular weight is 292 g/mol. The van der Waals surface area contributed by atoms with Crippen LogP contribution in [0, 0.1) is 0 Å². The standard InChI is InChI=1S/C13H18ClNO.ClHO/c1-9(15-13(2,3)4)12(16)10-6-5-7-11(14)8-10;1-2/h5-9,15H,1-4H3;2H. The van der Waals surface area contributed by atoms with Gasteiger partial charge in [0.1, 0.15) is 0 Å². The summed E-state index contributed by atoms with van der Waals surface area (Å²) in [6, 6.07) is 6.83. The van der Waals surface area contributed by atoms with E-state index in [9.17, 15) is 4.79 Å². The van der Waals surface area contributed by atoms with Crippen molar-refractivity contribution in [2.75, 3.05) is 0 Å². The number of carbonyl (C=O) groups excluding carboxylic acids is 1. The molecule has 0 aliphatic carbocycles. The largest absolute Gasteiger partial charge is 0.303 e. The molecule has 0 aliphatic rings. The van der Waals surface area contributed by atoms with E-state index in [1.807, 2.05) is 27.7 Å². The topological polar surface area (TPSA) is 49.3 Å². The van der Waals surface area contributed by atoms with Crippen LogP contribution in [0.5, 0.6) is 0 Å². The lowest BCUT2D eigenvalue weighted by Crippen LogP contribution is -2.46. The van der Waals surface area contributed by atoms with Gasteiger partial charge in [0.15, 0.2) is 5.78 Å². The zero-order chi connectivity index (χ0) is 14.3. The first-order chi connectivity index (χ1) is 8.29. The monoisotopic (exact) mass is 291 g/mol. The van der Waals surface area contributed by atoms with Crippen LogP contribution in [0.2, 0.25) is 5.02 Å². The first-order valence-corrected chi connectivity index (χ1v) is 6.25. The molecule has 0 saturated heterocycles. The summed E-state index contributed by atoms with van der Waals surface area (Å²) in [7, 11) is 0. The molecule has 0 heterocycles. The van der Waals surface area contributed by atoms with E-state index in [0.717, 1.165) is 0 Å². The fourth-order valence-corrected chi connectivity index (χ4v) is 1.80. The zero-order valence-electron chi connectivity index (χ0n) is 11.0. The van der Waals surface area contributed by atoms with Crippen molar-refractivity contribution in [3.05, 3.63) is 34.9 Å². The van der Waals surface area contributed by atoms with Crippen molar-refractivity contribution in [1.82, 2.24) is 5.32 Å². The zero-order valence-corrected chi connectivity index (χ0v) is 12.5. The van der Waals surface area contributed by atoms with E-state index in [1.165, 1.54) is 0 Å². The van der Waals surface area contributed by atoms with Crippen LogP contribution >= 0.6 is 23.5 Å². The minimum Gasteiger partial charge on any atom is -0.303 e. The molecule has 18 heavy (non-hydrogen) atoms. The summed E-state index contributed by atoms with van der Waals surface area (Å²) in [5.41, 5.74) is 0.574. The Hall–Kier alpha value is -0.610. The van der Waals surface area contributed by atoms with Crippen LogP contribution in [0.3, 0.4) is 0 Å². The maximum Gasteiger partial charge on any atom is 0.179 e. The van der Waals surface area contributed by atoms with Gasteiger partial charge < -0.3 is 5.32 Å².